The third-order valence-electron chi connectivity index (χ3n) is 3.18. The van der Waals surface area contributed by atoms with Crippen LogP contribution in [0.25, 0.3) is 0 Å². The first-order valence-corrected chi connectivity index (χ1v) is 4.17. The van der Waals surface area contributed by atoms with E-state index in [4.69, 9.17) is 9.47 Å². The molecule has 1 rings (SSSR count). The summed E-state index contributed by atoms with van der Waals surface area (Å²) >= 11 is 0. The molecule has 1 saturated heterocycles. The van der Waals surface area contributed by atoms with Crippen LogP contribution in [0.2, 0.25) is 0 Å². The van der Waals surface area contributed by atoms with Crippen molar-refractivity contribution in [2.75, 3.05) is 0 Å². The second kappa shape index (κ2) is 2.38. The van der Waals surface area contributed by atoms with E-state index in [0.717, 1.165) is 0 Å². The second-order valence-corrected chi connectivity index (χ2v) is 4.34. The van der Waals surface area contributed by atoms with Gasteiger partial charge in [0.15, 0.2) is 0 Å². The minimum atomic E-state index is -0.563. The molecule has 1 aliphatic rings. The van der Waals surface area contributed by atoms with Gasteiger partial charge in [-0.3, -0.25) is 0 Å². The molecule has 0 aromatic heterocycles. The molecule has 0 aliphatic carbocycles. The van der Waals surface area contributed by atoms with E-state index in [9.17, 15) is 4.79 Å². The number of carbonyl (C=O) groups is 1. The molecule has 70 valence electrons. The molecule has 0 N–H and O–H groups in total. The third-order valence-corrected chi connectivity index (χ3v) is 3.18. The monoisotopic (exact) mass is 172 g/mol. The normalized spacial score (nSPS) is 32.1. The Bertz CT molecular complexity index is 206. The van der Waals surface area contributed by atoms with E-state index in [2.05, 4.69) is 0 Å². The molecule has 0 saturated carbocycles. The SMILES string of the molecule is CC1OC(=O)OC(C)(C)C1(C)C. The molecule has 3 heteroatoms. The number of hydrogen-bond acceptors (Lipinski definition) is 3. The lowest BCUT2D eigenvalue weighted by Crippen LogP contribution is -2.55. The van der Waals surface area contributed by atoms with Crippen molar-refractivity contribution in [1.29, 1.82) is 0 Å². The number of rotatable bonds is 0. The average molecular weight is 172 g/mol. The van der Waals surface area contributed by atoms with Crippen molar-refractivity contribution in [3.05, 3.63) is 0 Å². The predicted molar refractivity (Wildman–Crippen MR) is 44.9 cm³/mol. The number of carbonyl (C=O) groups excluding carboxylic acids is 1. The molecule has 0 aromatic carbocycles. The Labute approximate surface area is 73.0 Å². The zero-order valence-electron chi connectivity index (χ0n) is 8.30. The van der Waals surface area contributed by atoms with Crippen molar-refractivity contribution < 1.29 is 14.3 Å². The van der Waals surface area contributed by atoms with Crippen LogP contribution < -0.4 is 0 Å². The Kier molecular flexibility index (Phi) is 1.85. The fraction of sp³-hybridized carbons (Fsp3) is 0.889. The molecule has 1 aliphatic heterocycles. The zero-order valence-corrected chi connectivity index (χ0v) is 8.30. The maximum absolute atomic E-state index is 10.9. The standard InChI is InChI=1S/C9H16O3/c1-6-8(2,3)9(4,5)12-7(10)11-6/h6H,1-5H3. The molecule has 12 heavy (non-hydrogen) atoms. The average Bonchev–Trinajstić information content (AvgIpc) is 1.82. The molecule has 0 bridgehead atoms. The van der Waals surface area contributed by atoms with Crippen LogP contribution in [0.3, 0.4) is 0 Å². The summed E-state index contributed by atoms with van der Waals surface area (Å²) in [7, 11) is 0. The van der Waals surface area contributed by atoms with E-state index in [1.54, 1.807) is 0 Å². The van der Waals surface area contributed by atoms with Crippen molar-refractivity contribution in [2.45, 2.75) is 46.3 Å². The topological polar surface area (TPSA) is 35.5 Å². The molecule has 1 atom stereocenters. The highest BCUT2D eigenvalue weighted by atomic mass is 16.7. The van der Waals surface area contributed by atoms with Gasteiger partial charge < -0.3 is 9.47 Å². The third kappa shape index (κ3) is 1.17. The molecular formula is C9H16O3. The first-order chi connectivity index (χ1) is 5.27. The molecule has 1 heterocycles. The van der Waals surface area contributed by atoms with Crippen molar-refractivity contribution in [2.24, 2.45) is 5.41 Å². The molecule has 1 fully saturated rings. The first-order valence-electron chi connectivity index (χ1n) is 4.17. The van der Waals surface area contributed by atoms with Gasteiger partial charge in [-0.1, -0.05) is 13.8 Å². The highest BCUT2D eigenvalue weighted by molar-refractivity contribution is 5.62. The summed E-state index contributed by atoms with van der Waals surface area (Å²) in [6, 6.07) is 0. The van der Waals surface area contributed by atoms with Crippen molar-refractivity contribution in [1.82, 2.24) is 0 Å². The molecule has 0 amide bonds. The van der Waals surface area contributed by atoms with Crippen LogP contribution in [0.4, 0.5) is 4.79 Å². The van der Waals surface area contributed by atoms with E-state index in [-0.39, 0.29) is 11.5 Å². The van der Waals surface area contributed by atoms with Crippen LogP contribution >= 0.6 is 0 Å². The van der Waals surface area contributed by atoms with Gasteiger partial charge in [-0.2, -0.15) is 0 Å². The molecule has 0 radical (unpaired) electrons. The highest BCUT2D eigenvalue weighted by Gasteiger charge is 2.50. The van der Waals surface area contributed by atoms with Crippen LogP contribution in [0, 0.1) is 5.41 Å². The molecule has 0 aromatic rings. The fourth-order valence-electron chi connectivity index (χ4n) is 1.15. The fourth-order valence-corrected chi connectivity index (χ4v) is 1.15. The van der Waals surface area contributed by atoms with Crippen molar-refractivity contribution in [3.63, 3.8) is 0 Å². The molecule has 0 spiro atoms. The van der Waals surface area contributed by atoms with Gasteiger partial charge in [0.25, 0.3) is 0 Å². The van der Waals surface area contributed by atoms with Crippen LogP contribution in [-0.4, -0.2) is 17.9 Å². The Morgan fingerprint density at radius 2 is 1.75 bits per heavy atom. The van der Waals surface area contributed by atoms with Gasteiger partial charge >= 0.3 is 6.16 Å². The Morgan fingerprint density at radius 3 is 2.17 bits per heavy atom. The van der Waals surface area contributed by atoms with E-state index in [1.165, 1.54) is 0 Å². The minimum Gasteiger partial charge on any atom is -0.431 e. The van der Waals surface area contributed by atoms with Crippen LogP contribution in [-0.2, 0) is 9.47 Å². The van der Waals surface area contributed by atoms with Gasteiger partial charge in [0.2, 0.25) is 0 Å². The summed E-state index contributed by atoms with van der Waals surface area (Å²) in [6.45, 7) is 9.77. The second-order valence-electron chi connectivity index (χ2n) is 4.34. The summed E-state index contributed by atoms with van der Waals surface area (Å²) in [6.07, 6.45) is -0.666. The quantitative estimate of drug-likeness (QED) is 0.526. The lowest BCUT2D eigenvalue weighted by atomic mass is 9.72. The van der Waals surface area contributed by atoms with E-state index in [0.29, 0.717) is 0 Å². The van der Waals surface area contributed by atoms with E-state index < -0.39 is 11.8 Å². The molecule has 1 unspecified atom stereocenters. The maximum atomic E-state index is 10.9. The van der Waals surface area contributed by atoms with E-state index >= 15 is 0 Å². The highest BCUT2D eigenvalue weighted by Crippen LogP contribution is 2.41. The minimum absolute atomic E-state index is 0.103. The lowest BCUT2D eigenvalue weighted by molar-refractivity contribution is -0.176. The smallest absolute Gasteiger partial charge is 0.431 e. The van der Waals surface area contributed by atoms with Gasteiger partial charge in [-0.25, -0.2) is 4.79 Å². The zero-order chi connectivity index (χ0) is 9.57. The van der Waals surface area contributed by atoms with Crippen LogP contribution in [0.5, 0.6) is 0 Å². The number of cyclic esters (lactones) is 2. The summed E-state index contributed by atoms with van der Waals surface area (Å²) < 4.78 is 10.1. The van der Waals surface area contributed by atoms with Gasteiger partial charge in [0.1, 0.15) is 11.7 Å². The van der Waals surface area contributed by atoms with Gasteiger partial charge in [-0.05, 0) is 20.8 Å². The summed E-state index contributed by atoms with van der Waals surface area (Å²) in [5.74, 6) is 0. The van der Waals surface area contributed by atoms with E-state index in [1.807, 2.05) is 34.6 Å². The van der Waals surface area contributed by atoms with Crippen LogP contribution in [0.15, 0.2) is 0 Å². The van der Waals surface area contributed by atoms with Crippen molar-refractivity contribution >= 4 is 6.16 Å². The summed E-state index contributed by atoms with van der Waals surface area (Å²) in [5, 5.41) is 0. The lowest BCUT2D eigenvalue weighted by Gasteiger charge is -2.47. The maximum Gasteiger partial charge on any atom is 0.509 e. The van der Waals surface area contributed by atoms with Gasteiger partial charge in [0.05, 0.1) is 0 Å². The Balaban J connectivity index is 2.94. The summed E-state index contributed by atoms with van der Waals surface area (Å²) in [5.41, 5.74) is -0.608. The Morgan fingerprint density at radius 1 is 1.25 bits per heavy atom. The van der Waals surface area contributed by atoms with Crippen molar-refractivity contribution in [3.8, 4) is 0 Å². The predicted octanol–water partition coefficient (Wildman–Crippen LogP) is 2.35. The van der Waals surface area contributed by atoms with Gasteiger partial charge in [0, 0.05) is 5.41 Å². The molecule has 3 nitrogen and oxygen atoms in total. The number of ether oxygens (including phenoxy) is 2. The Hall–Kier alpha value is -0.730. The number of hydrogen-bond donors (Lipinski definition) is 0. The van der Waals surface area contributed by atoms with Crippen LogP contribution in [0.1, 0.15) is 34.6 Å². The van der Waals surface area contributed by atoms with Gasteiger partial charge in [-0.15, -0.1) is 0 Å². The first kappa shape index (κ1) is 9.36. The molecular weight excluding hydrogens is 156 g/mol. The summed E-state index contributed by atoms with van der Waals surface area (Å²) in [4.78, 5) is 10.9. The largest absolute Gasteiger partial charge is 0.509 e.